The molecule has 0 saturated carbocycles. The van der Waals surface area contributed by atoms with Gasteiger partial charge >= 0.3 is 0 Å². The lowest BCUT2D eigenvalue weighted by Crippen LogP contribution is -2.16. The summed E-state index contributed by atoms with van der Waals surface area (Å²) in [5, 5.41) is 7.88. The molecule has 0 aliphatic heterocycles. The molecule has 310 valence electrons. The highest BCUT2D eigenvalue weighted by atomic mass is 32.1. The lowest BCUT2D eigenvalue weighted by molar-refractivity contribution is 0.660. The normalized spacial score (nSPS) is 13.1. The Hall–Kier alpha value is -7.98. The molecule has 0 spiro atoms. The molecule has 10 aromatic carbocycles. The van der Waals surface area contributed by atoms with Gasteiger partial charge in [-0.25, -0.2) is 0 Å². The van der Waals surface area contributed by atoms with Gasteiger partial charge in [-0.05, 0) is 111 Å². The molecule has 66 heavy (non-hydrogen) atoms. The van der Waals surface area contributed by atoms with Gasteiger partial charge < -0.3 is 9.30 Å². The highest BCUT2D eigenvalue weighted by molar-refractivity contribution is 7.25. The van der Waals surface area contributed by atoms with E-state index >= 15 is 0 Å². The lowest BCUT2D eigenvalue weighted by Gasteiger charge is -2.28. The van der Waals surface area contributed by atoms with Crippen molar-refractivity contribution in [2.24, 2.45) is 0 Å². The highest BCUT2D eigenvalue weighted by Crippen LogP contribution is 2.53. The van der Waals surface area contributed by atoms with Crippen molar-refractivity contribution in [1.29, 1.82) is 0 Å². The number of benzene rings is 10. The topological polar surface area (TPSA) is 7.65 Å². The molecule has 0 amide bonds. The van der Waals surface area contributed by atoms with Gasteiger partial charge in [0.1, 0.15) is 0 Å². The molecule has 2 nitrogen and oxygen atoms in total. The van der Waals surface area contributed by atoms with E-state index in [2.05, 4.69) is 242 Å². The van der Waals surface area contributed by atoms with Crippen LogP contribution in [0.4, 0.5) is 17.1 Å². The quantitative estimate of drug-likeness (QED) is 0.162. The van der Waals surface area contributed by atoms with Gasteiger partial charge in [0.05, 0.1) is 16.6 Å². The molecule has 0 fully saturated rings. The summed E-state index contributed by atoms with van der Waals surface area (Å²) in [6.45, 7) is 4.81. The number of nitrogens with zero attached hydrogens (tertiary/aromatic N) is 2. The van der Waals surface area contributed by atoms with E-state index < -0.39 is 0 Å². The Kier molecular flexibility index (Phi) is 7.94. The molecule has 0 N–H and O–H groups in total. The number of aromatic nitrogens is 1. The maximum Gasteiger partial charge on any atom is 0.0620 e. The van der Waals surface area contributed by atoms with Gasteiger partial charge in [-0.2, -0.15) is 0 Å². The molecular formula is C63H42N2S. The second-order valence-electron chi connectivity index (χ2n) is 18.5. The van der Waals surface area contributed by atoms with Crippen molar-refractivity contribution in [3.05, 3.63) is 230 Å². The van der Waals surface area contributed by atoms with E-state index in [9.17, 15) is 0 Å². The third kappa shape index (κ3) is 5.41. The summed E-state index contributed by atoms with van der Waals surface area (Å²) in [6, 6.07) is 81.2. The summed E-state index contributed by atoms with van der Waals surface area (Å²) >= 11 is 1.87. The minimum Gasteiger partial charge on any atom is -0.310 e. The van der Waals surface area contributed by atoms with Gasteiger partial charge in [0.15, 0.2) is 0 Å². The first-order valence-corrected chi connectivity index (χ1v) is 23.7. The smallest absolute Gasteiger partial charge is 0.0620 e. The lowest BCUT2D eigenvalue weighted by atomic mass is 9.81. The Balaban J connectivity index is 0.871. The van der Waals surface area contributed by atoms with Crippen LogP contribution in [0.25, 0.3) is 103 Å². The summed E-state index contributed by atoms with van der Waals surface area (Å²) in [5.41, 5.74) is 19.7. The first kappa shape index (κ1) is 37.4. The Labute approximate surface area is 387 Å². The van der Waals surface area contributed by atoms with E-state index in [1.165, 1.54) is 114 Å². The molecular weight excluding hydrogens is 817 g/mol. The fourth-order valence-electron chi connectivity index (χ4n) is 11.3. The third-order valence-corrected chi connectivity index (χ3v) is 15.7. The second kappa shape index (κ2) is 14.0. The molecule has 0 bridgehead atoms. The van der Waals surface area contributed by atoms with Gasteiger partial charge in [-0.3, -0.25) is 0 Å². The average molecular weight is 859 g/mol. The van der Waals surface area contributed by atoms with Crippen LogP contribution < -0.4 is 4.90 Å². The van der Waals surface area contributed by atoms with Gasteiger partial charge in [0, 0.05) is 69.8 Å². The van der Waals surface area contributed by atoms with Crippen LogP contribution in [-0.4, -0.2) is 4.40 Å². The zero-order chi connectivity index (χ0) is 43.7. The van der Waals surface area contributed by atoms with Gasteiger partial charge in [-0.1, -0.05) is 172 Å². The van der Waals surface area contributed by atoms with Crippen molar-refractivity contribution in [2.45, 2.75) is 19.3 Å². The van der Waals surface area contributed by atoms with E-state index in [0.717, 1.165) is 17.1 Å². The summed E-state index contributed by atoms with van der Waals surface area (Å²) in [7, 11) is 0. The number of hydrogen-bond acceptors (Lipinski definition) is 2. The fourth-order valence-corrected chi connectivity index (χ4v) is 12.5. The van der Waals surface area contributed by atoms with Crippen LogP contribution in [0.15, 0.2) is 218 Å². The first-order chi connectivity index (χ1) is 32.5. The minimum atomic E-state index is -0.233. The van der Waals surface area contributed by atoms with Gasteiger partial charge in [0.2, 0.25) is 0 Å². The zero-order valence-corrected chi connectivity index (χ0v) is 37.4. The molecule has 1 aliphatic carbocycles. The Morgan fingerprint density at radius 1 is 0.348 bits per heavy atom. The van der Waals surface area contributed by atoms with Crippen LogP contribution >= 0.6 is 11.3 Å². The minimum absolute atomic E-state index is 0.233. The van der Waals surface area contributed by atoms with Crippen molar-refractivity contribution in [1.82, 2.24) is 4.40 Å². The van der Waals surface area contributed by atoms with Crippen LogP contribution in [0.5, 0.6) is 0 Å². The maximum atomic E-state index is 2.52. The van der Waals surface area contributed by atoms with Crippen molar-refractivity contribution in [2.75, 3.05) is 4.90 Å². The van der Waals surface area contributed by atoms with Crippen LogP contribution in [-0.2, 0) is 5.41 Å². The number of fused-ring (bicyclic) bond motifs is 12. The van der Waals surface area contributed by atoms with E-state index in [-0.39, 0.29) is 5.41 Å². The monoisotopic (exact) mass is 858 g/mol. The Morgan fingerprint density at radius 3 is 1.65 bits per heavy atom. The average Bonchev–Trinajstić information content (AvgIpc) is 4.09. The van der Waals surface area contributed by atoms with Crippen LogP contribution in [0.2, 0.25) is 0 Å². The number of para-hydroxylation sites is 3. The first-order valence-electron chi connectivity index (χ1n) is 22.9. The summed E-state index contributed by atoms with van der Waals surface area (Å²) < 4.78 is 5.17. The number of hydrogen-bond donors (Lipinski definition) is 0. The van der Waals surface area contributed by atoms with Crippen molar-refractivity contribution < 1.29 is 0 Å². The largest absolute Gasteiger partial charge is 0.310 e. The molecule has 3 aromatic heterocycles. The van der Waals surface area contributed by atoms with Crippen LogP contribution in [0, 0.1) is 0 Å². The predicted molar refractivity (Wildman–Crippen MR) is 283 cm³/mol. The van der Waals surface area contributed by atoms with Crippen molar-refractivity contribution in [3.8, 4) is 44.5 Å². The van der Waals surface area contributed by atoms with Crippen molar-refractivity contribution >= 4 is 86.7 Å². The van der Waals surface area contributed by atoms with E-state index in [1.54, 1.807) is 0 Å². The summed E-state index contributed by atoms with van der Waals surface area (Å²) in [4.78, 5) is 2.42. The molecule has 0 unspecified atom stereocenters. The van der Waals surface area contributed by atoms with E-state index in [0.29, 0.717) is 0 Å². The second-order valence-corrected chi connectivity index (χ2v) is 19.6. The zero-order valence-electron chi connectivity index (χ0n) is 36.6. The van der Waals surface area contributed by atoms with E-state index in [4.69, 9.17) is 0 Å². The predicted octanol–water partition coefficient (Wildman–Crippen LogP) is 18.0. The number of rotatable bonds is 6. The number of anilines is 3. The highest BCUT2D eigenvalue weighted by Gasteiger charge is 2.36. The van der Waals surface area contributed by atoms with E-state index in [1.807, 2.05) is 11.3 Å². The summed E-state index contributed by atoms with van der Waals surface area (Å²) in [6.07, 6.45) is 0. The molecule has 0 atom stereocenters. The maximum absolute atomic E-state index is 2.52. The van der Waals surface area contributed by atoms with Gasteiger partial charge in [0.25, 0.3) is 0 Å². The molecule has 0 saturated heterocycles. The molecule has 14 rings (SSSR count). The Morgan fingerprint density at radius 2 is 0.879 bits per heavy atom. The SMILES string of the molecule is CC1(C)c2cc(-c3cccc4c5cccc6c7ccccc7n(c34)c65)ccc2-c2ccc(N(c3ccc(-c4ccccc4)cc3)c3ccc(-c4ccc5c(c4)sc4ccccc45)cc3)cc21. The Bertz CT molecular complexity index is 4060. The summed E-state index contributed by atoms with van der Waals surface area (Å²) in [5.74, 6) is 0. The van der Waals surface area contributed by atoms with Crippen LogP contribution in [0.1, 0.15) is 25.0 Å². The molecule has 13 aromatic rings. The third-order valence-electron chi connectivity index (χ3n) is 14.5. The van der Waals surface area contributed by atoms with Gasteiger partial charge in [-0.15, -0.1) is 11.3 Å². The van der Waals surface area contributed by atoms with Crippen molar-refractivity contribution in [3.63, 3.8) is 0 Å². The number of thiophene rings is 1. The fraction of sp³-hybridized carbons (Fsp3) is 0.0476. The van der Waals surface area contributed by atoms with Crippen LogP contribution in [0.3, 0.4) is 0 Å². The molecule has 0 radical (unpaired) electrons. The molecule has 3 heteroatoms. The molecule has 3 heterocycles. The molecule has 1 aliphatic rings. The standard InChI is InChI=1S/C63H42N2S/c1-63(2)56-36-43(47-16-10-18-54-55-19-11-17-53-50-14-6-8-20-58(50)65(61(47)54)62(53)55)27-33-48(56)49-35-32-46(38-57(49)63)64(44-28-22-40(23-29-44)39-12-4-3-5-13-39)45-30-24-41(25-31-45)42-26-34-52-51-15-7-9-21-59(51)66-60(52)37-42/h3-38H,1-2H3.